The summed E-state index contributed by atoms with van der Waals surface area (Å²) in [6, 6.07) is 3.75. The van der Waals surface area contributed by atoms with Gasteiger partial charge in [-0.05, 0) is 37.4 Å². The fourth-order valence-corrected chi connectivity index (χ4v) is 3.87. The Morgan fingerprint density at radius 2 is 1.96 bits per heavy atom. The summed E-state index contributed by atoms with van der Waals surface area (Å²) in [5.41, 5.74) is 0.499. The van der Waals surface area contributed by atoms with Gasteiger partial charge in [0.05, 0.1) is 27.3 Å². The van der Waals surface area contributed by atoms with Gasteiger partial charge in [0.25, 0.3) is 0 Å². The molecule has 0 saturated carbocycles. The molecule has 2 unspecified atom stereocenters. The largest absolute Gasteiger partial charge is 0.324 e. The van der Waals surface area contributed by atoms with E-state index in [1.165, 1.54) is 12.5 Å². The number of nitrogens with zero attached hydrogens (tertiary/aromatic N) is 1. The summed E-state index contributed by atoms with van der Waals surface area (Å²) in [5.74, 6) is 0.583. The van der Waals surface area contributed by atoms with E-state index in [1.54, 1.807) is 6.07 Å². The van der Waals surface area contributed by atoms with Gasteiger partial charge in [0.2, 0.25) is 5.91 Å². The molecule has 1 aromatic rings. The summed E-state index contributed by atoms with van der Waals surface area (Å²) >= 11 is 17.9. The Labute approximate surface area is 157 Å². The highest BCUT2D eigenvalue weighted by molar-refractivity contribution is 6.44. The summed E-state index contributed by atoms with van der Waals surface area (Å²) in [4.78, 5) is 14.4. The van der Waals surface area contributed by atoms with Crippen LogP contribution in [-0.4, -0.2) is 43.0 Å². The van der Waals surface area contributed by atoms with E-state index in [9.17, 15) is 4.79 Å². The third-order valence-electron chi connectivity index (χ3n) is 4.39. The number of benzene rings is 1. The fraction of sp³-hybridized carbons (Fsp3) is 0.533. The van der Waals surface area contributed by atoms with Gasteiger partial charge in [-0.15, -0.1) is 12.4 Å². The van der Waals surface area contributed by atoms with E-state index in [1.807, 2.05) is 0 Å². The SMILES string of the molecule is Cl.O=C(CN1CCC2NCCC2C1)Nc1cc(Cl)c(Cl)cc1Cl. The second-order valence-electron chi connectivity index (χ2n) is 5.93. The van der Waals surface area contributed by atoms with E-state index in [-0.39, 0.29) is 18.3 Å². The van der Waals surface area contributed by atoms with Crippen molar-refractivity contribution >= 4 is 58.8 Å². The first-order valence-corrected chi connectivity index (χ1v) is 8.56. The number of hydrogen-bond donors (Lipinski definition) is 2. The molecule has 0 radical (unpaired) electrons. The molecule has 2 aliphatic rings. The second-order valence-corrected chi connectivity index (χ2v) is 7.15. The lowest BCUT2D eigenvalue weighted by molar-refractivity contribution is -0.117. The predicted molar refractivity (Wildman–Crippen MR) is 98.3 cm³/mol. The monoisotopic (exact) mass is 397 g/mol. The van der Waals surface area contributed by atoms with Crippen LogP contribution in [0, 0.1) is 5.92 Å². The number of rotatable bonds is 3. The Kier molecular flexibility index (Phi) is 6.84. The van der Waals surface area contributed by atoms with E-state index in [0.29, 0.717) is 39.3 Å². The molecule has 2 N–H and O–H groups in total. The van der Waals surface area contributed by atoms with Gasteiger partial charge in [0.15, 0.2) is 0 Å². The average Bonchev–Trinajstić information content (AvgIpc) is 2.92. The Morgan fingerprint density at radius 3 is 2.74 bits per heavy atom. The van der Waals surface area contributed by atoms with Crippen molar-refractivity contribution in [2.24, 2.45) is 5.92 Å². The number of halogens is 4. The molecule has 3 rings (SSSR count). The fourth-order valence-electron chi connectivity index (χ4n) is 3.28. The molecule has 2 fully saturated rings. The van der Waals surface area contributed by atoms with Crippen LogP contribution in [0.5, 0.6) is 0 Å². The highest BCUT2D eigenvalue weighted by Gasteiger charge is 2.33. The first-order chi connectivity index (χ1) is 10.5. The van der Waals surface area contributed by atoms with E-state index in [4.69, 9.17) is 34.8 Å². The topological polar surface area (TPSA) is 44.4 Å². The number of likely N-dealkylation sites (tertiary alicyclic amines) is 1. The number of piperidine rings is 1. The van der Waals surface area contributed by atoms with Gasteiger partial charge in [0.1, 0.15) is 0 Å². The van der Waals surface area contributed by atoms with Gasteiger partial charge in [-0.25, -0.2) is 0 Å². The summed E-state index contributed by atoms with van der Waals surface area (Å²) in [7, 11) is 0. The van der Waals surface area contributed by atoms with Crippen molar-refractivity contribution in [2.75, 3.05) is 31.5 Å². The number of nitrogens with one attached hydrogen (secondary N) is 2. The van der Waals surface area contributed by atoms with Gasteiger partial charge >= 0.3 is 0 Å². The molecule has 1 amide bonds. The Bertz CT molecular complexity index is 584. The molecule has 1 aromatic carbocycles. The third-order valence-corrected chi connectivity index (χ3v) is 5.43. The minimum Gasteiger partial charge on any atom is -0.324 e. The van der Waals surface area contributed by atoms with Gasteiger partial charge < -0.3 is 10.6 Å². The second kappa shape index (κ2) is 8.24. The zero-order valence-electron chi connectivity index (χ0n) is 12.4. The number of anilines is 1. The Hall–Kier alpha value is -0.230. The minimum absolute atomic E-state index is 0. The van der Waals surface area contributed by atoms with Crippen molar-refractivity contribution in [1.29, 1.82) is 0 Å². The molecule has 2 aliphatic heterocycles. The van der Waals surface area contributed by atoms with Gasteiger partial charge in [-0.3, -0.25) is 9.69 Å². The minimum atomic E-state index is -0.0790. The molecule has 0 aliphatic carbocycles. The first kappa shape index (κ1) is 19.1. The summed E-state index contributed by atoms with van der Waals surface area (Å²) in [6.45, 7) is 3.38. The van der Waals surface area contributed by atoms with Gasteiger partial charge in [-0.1, -0.05) is 34.8 Å². The van der Waals surface area contributed by atoms with Crippen LogP contribution in [0.1, 0.15) is 12.8 Å². The predicted octanol–water partition coefficient (Wildman–Crippen LogP) is 3.69. The number of fused-ring (bicyclic) bond motifs is 1. The molecule has 0 aromatic heterocycles. The summed E-state index contributed by atoms with van der Waals surface area (Å²) < 4.78 is 0. The van der Waals surface area contributed by atoms with E-state index >= 15 is 0 Å². The van der Waals surface area contributed by atoms with Gasteiger partial charge in [0, 0.05) is 19.1 Å². The van der Waals surface area contributed by atoms with Crippen LogP contribution in [-0.2, 0) is 4.79 Å². The summed E-state index contributed by atoms with van der Waals surface area (Å²) in [5, 5.41) is 7.47. The highest BCUT2D eigenvalue weighted by atomic mass is 35.5. The molecule has 2 atom stereocenters. The van der Waals surface area contributed by atoms with Crippen LogP contribution in [0.25, 0.3) is 0 Å². The zero-order valence-corrected chi connectivity index (χ0v) is 15.5. The molecule has 2 heterocycles. The van der Waals surface area contributed by atoms with Crippen LogP contribution in [0.4, 0.5) is 5.69 Å². The van der Waals surface area contributed by atoms with Crippen molar-refractivity contribution in [3.63, 3.8) is 0 Å². The molecular formula is C15H19Cl4N3O. The van der Waals surface area contributed by atoms with Crippen molar-refractivity contribution < 1.29 is 4.79 Å². The molecule has 0 spiro atoms. The highest BCUT2D eigenvalue weighted by Crippen LogP contribution is 2.32. The normalized spacial score (nSPS) is 24.0. The van der Waals surface area contributed by atoms with E-state index < -0.39 is 0 Å². The standard InChI is InChI=1S/C15H18Cl3N3O.ClH/c16-10-5-12(18)14(6-11(10)17)20-15(22)8-21-4-2-13-9(7-21)1-3-19-13;/h5-6,9,13,19H,1-4,7-8H2,(H,20,22);1H. The lowest BCUT2D eigenvalue weighted by Crippen LogP contribution is -2.46. The van der Waals surface area contributed by atoms with Crippen molar-refractivity contribution in [2.45, 2.75) is 18.9 Å². The molecule has 0 bridgehead atoms. The maximum atomic E-state index is 12.2. The van der Waals surface area contributed by atoms with Crippen LogP contribution in [0.15, 0.2) is 12.1 Å². The maximum absolute atomic E-state index is 12.2. The maximum Gasteiger partial charge on any atom is 0.238 e. The van der Waals surface area contributed by atoms with Crippen molar-refractivity contribution in [3.05, 3.63) is 27.2 Å². The molecule has 2 saturated heterocycles. The van der Waals surface area contributed by atoms with E-state index in [0.717, 1.165) is 26.1 Å². The van der Waals surface area contributed by atoms with Gasteiger partial charge in [-0.2, -0.15) is 0 Å². The number of amides is 1. The average molecular weight is 399 g/mol. The Balaban J connectivity index is 0.00000192. The molecular weight excluding hydrogens is 380 g/mol. The van der Waals surface area contributed by atoms with E-state index in [2.05, 4.69) is 15.5 Å². The molecule has 8 heteroatoms. The van der Waals surface area contributed by atoms with Crippen LogP contribution in [0.3, 0.4) is 0 Å². The van der Waals surface area contributed by atoms with Crippen LogP contribution in [0.2, 0.25) is 15.1 Å². The number of hydrogen-bond acceptors (Lipinski definition) is 3. The number of carbonyl (C=O) groups is 1. The van der Waals surface area contributed by atoms with Crippen LogP contribution < -0.4 is 10.6 Å². The van der Waals surface area contributed by atoms with Crippen LogP contribution >= 0.6 is 47.2 Å². The third kappa shape index (κ3) is 4.65. The molecule has 23 heavy (non-hydrogen) atoms. The summed E-state index contributed by atoms with van der Waals surface area (Å²) in [6.07, 6.45) is 2.30. The Morgan fingerprint density at radius 1 is 1.22 bits per heavy atom. The lowest BCUT2D eigenvalue weighted by Gasteiger charge is -2.34. The lowest BCUT2D eigenvalue weighted by atomic mass is 9.93. The quantitative estimate of drug-likeness (QED) is 0.763. The smallest absolute Gasteiger partial charge is 0.238 e. The number of carbonyl (C=O) groups excluding carboxylic acids is 1. The first-order valence-electron chi connectivity index (χ1n) is 7.43. The van der Waals surface area contributed by atoms with Crippen molar-refractivity contribution in [3.8, 4) is 0 Å². The zero-order chi connectivity index (χ0) is 15.7. The molecule has 4 nitrogen and oxygen atoms in total. The van der Waals surface area contributed by atoms with Crippen molar-refractivity contribution in [1.82, 2.24) is 10.2 Å². The molecule has 128 valence electrons.